The first kappa shape index (κ1) is 88.9. The first-order valence-corrected chi connectivity index (χ1v) is 39.5. The molecule has 1 aliphatic carbocycles. The fourth-order valence-corrected chi connectivity index (χ4v) is 13.5. The van der Waals surface area contributed by atoms with E-state index in [0.717, 1.165) is 89.9 Å². The maximum absolute atomic E-state index is 14.3. The van der Waals surface area contributed by atoms with Crippen molar-refractivity contribution in [3.63, 3.8) is 0 Å². The molecule has 3 aliphatic rings. The highest BCUT2D eigenvalue weighted by molar-refractivity contribution is 7.47. The number of unbranched alkanes of at least 4 members (excludes halogenated alkanes) is 36. The van der Waals surface area contributed by atoms with Crippen molar-refractivity contribution in [1.82, 2.24) is 0 Å². The zero-order valence-electron chi connectivity index (χ0n) is 59.4. The Morgan fingerprint density at radius 2 is 0.722 bits per heavy atom. The summed E-state index contributed by atoms with van der Waals surface area (Å²) in [5, 5.41) is 110. The van der Waals surface area contributed by atoms with Gasteiger partial charge in [-0.05, 0) is 44.9 Å². The molecule has 3 fully saturated rings. The van der Waals surface area contributed by atoms with E-state index in [1.165, 1.54) is 141 Å². The van der Waals surface area contributed by atoms with Crippen molar-refractivity contribution in [3.05, 3.63) is 12.2 Å². The number of hydrogen-bond donors (Lipinski definition) is 11. The number of hydrogen-bond acceptors (Lipinski definition) is 23. The monoisotopic (exact) mass is 1410 g/mol. The highest BCUT2D eigenvalue weighted by Gasteiger charge is 2.58. The molecule has 2 aliphatic heterocycles. The van der Waals surface area contributed by atoms with Gasteiger partial charge in [0.15, 0.2) is 18.7 Å². The van der Waals surface area contributed by atoms with Gasteiger partial charge in [-0.3, -0.25) is 23.4 Å². The van der Waals surface area contributed by atoms with Gasteiger partial charge in [0.25, 0.3) is 0 Å². The smallest absolute Gasteiger partial charge is 0.463 e. The molecule has 0 radical (unpaired) electrons. The maximum atomic E-state index is 14.3. The minimum atomic E-state index is -5.69. The van der Waals surface area contributed by atoms with Crippen LogP contribution >= 0.6 is 7.82 Å². The molecule has 24 nitrogen and oxygen atoms in total. The third-order valence-electron chi connectivity index (χ3n) is 18.8. The number of aliphatic hydroxyl groups is 10. The molecule has 0 spiro atoms. The highest BCUT2D eigenvalue weighted by atomic mass is 31.2. The van der Waals surface area contributed by atoms with Gasteiger partial charge in [-0.2, -0.15) is 0 Å². The first-order valence-electron chi connectivity index (χ1n) is 38.0. The number of carbonyl (C=O) groups is 3. The van der Waals surface area contributed by atoms with Crippen LogP contribution in [-0.2, 0) is 61.2 Å². The SMILES string of the molecule is CCCCCCCC/C=C\CCCCCC(=O)OC(COC(=O)CCCCCCCCCCCCCC)COP(=O)(O)OC1C(OC2OC(CO)C(O)C(O)C2O)C(O)C(O)C(O)C1OC1OC(COC(=O)CCCCCCCCCCCCCCCCCCC)C(O)C(O)C1O. The summed E-state index contributed by atoms with van der Waals surface area (Å²) < 4.78 is 65.0. The number of phosphoric acid groups is 1. The van der Waals surface area contributed by atoms with E-state index in [1.807, 2.05) is 0 Å². The van der Waals surface area contributed by atoms with Gasteiger partial charge >= 0.3 is 25.7 Å². The lowest BCUT2D eigenvalue weighted by Gasteiger charge is -2.49. The number of rotatable bonds is 59. The van der Waals surface area contributed by atoms with E-state index in [0.29, 0.717) is 25.7 Å². The van der Waals surface area contributed by atoms with Gasteiger partial charge < -0.3 is 89.1 Å². The summed E-state index contributed by atoms with van der Waals surface area (Å²) in [5.74, 6) is -2.00. The van der Waals surface area contributed by atoms with Crippen LogP contribution in [0.5, 0.6) is 0 Å². The lowest BCUT2D eigenvalue weighted by Crippen LogP contribution is -2.69. The Labute approximate surface area is 580 Å². The second-order valence-electron chi connectivity index (χ2n) is 27.4. The summed E-state index contributed by atoms with van der Waals surface area (Å²) in [7, 11) is -5.69. The first-order chi connectivity index (χ1) is 46.8. The van der Waals surface area contributed by atoms with Crippen molar-refractivity contribution in [2.45, 2.75) is 401 Å². The predicted octanol–water partition coefficient (Wildman–Crippen LogP) is 10.4. The van der Waals surface area contributed by atoms with Crippen LogP contribution in [0.25, 0.3) is 0 Å². The molecule has 18 atom stereocenters. The van der Waals surface area contributed by atoms with Gasteiger partial charge in [-0.25, -0.2) is 4.57 Å². The van der Waals surface area contributed by atoms with Crippen molar-refractivity contribution in [3.8, 4) is 0 Å². The van der Waals surface area contributed by atoms with Crippen LogP contribution in [0.2, 0.25) is 0 Å². The number of ether oxygens (including phenoxy) is 7. The summed E-state index contributed by atoms with van der Waals surface area (Å²) in [6.07, 6.45) is 12.9. The van der Waals surface area contributed by atoms with Crippen molar-refractivity contribution >= 4 is 25.7 Å². The van der Waals surface area contributed by atoms with Gasteiger partial charge in [0.2, 0.25) is 0 Å². The van der Waals surface area contributed by atoms with E-state index < -0.39 is 156 Å². The van der Waals surface area contributed by atoms with Crippen LogP contribution in [0.4, 0.5) is 0 Å². The second kappa shape index (κ2) is 54.4. The quantitative estimate of drug-likeness (QED) is 0.00886. The molecule has 11 N–H and O–H groups in total. The Balaban J connectivity index is 1.72. The summed E-state index contributed by atoms with van der Waals surface area (Å²) >= 11 is 0. The average Bonchev–Trinajstić information content (AvgIpc) is 0.764. The molecule has 2 saturated heterocycles. The Morgan fingerprint density at radius 3 is 1.12 bits per heavy atom. The molecule has 0 aromatic rings. The molecular formula is C72H133O24P. The van der Waals surface area contributed by atoms with Crippen LogP contribution in [0, 0.1) is 0 Å². The largest absolute Gasteiger partial charge is 0.472 e. The zero-order valence-corrected chi connectivity index (χ0v) is 60.3. The third kappa shape index (κ3) is 37.6. The number of allylic oxidation sites excluding steroid dienone is 2. The molecule has 0 aromatic heterocycles. The molecule has 0 aromatic carbocycles. The molecule has 0 bridgehead atoms. The van der Waals surface area contributed by atoms with Crippen LogP contribution in [0.1, 0.15) is 297 Å². The van der Waals surface area contributed by atoms with Crippen LogP contribution in [0.15, 0.2) is 12.2 Å². The van der Waals surface area contributed by atoms with E-state index in [-0.39, 0.29) is 19.3 Å². The summed E-state index contributed by atoms with van der Waals surface area (Å²) in [5.41, 5.74) is 0. The lowest BCUT2D eigenvalue weighted by atomic mass is 9.84. The van der Waals surface area contributed by atoms with Gasteiger partial charge in [0.1, 0.15) is 98.7 Å². The number of phosphoric ester groups is 1. The zero-order chi connectivity index (χ0) is 71.1. The molecule has 3 rings (SSSR count). The lowest BCUT2D eigenvalue weighted by molar-refractivity contribution is -0.360. The number of esters is 3. The van der Waals surface area contributed by atoms with Crippen LogP contribution < -0.4 is 0 Å². The highest BCUT2D eigenvalue weighted by Crippen LogP contribution is 2.49. The van der Waals surface area contributed by atoms with E-state index in [1.54, 1.807) is 0 Å². The number of aliphatic hydroxyl groups excluding tert-OH is 10. The van der Waals surface area contributed by atoms with E-state index in [4.69, 9.17) is 42.2 Å². The van der Waals surface area contributed by atoms with Crippen LogP contribution in [-0.4, -0.2) is 204 Å². The van der Waals surface area contributed by atoms with E-state index >= 15 is 0 Å². The predicted molar refractivity (Wildman–Crippen MR) is 365 cm³/mol. The minimum Gasteiger partial charge on any atom is -0.463 e. The van der Waals surface area contributed by atoms with E-state index in [9.17, 15) is 74.9 Å². The number of carbonyl (C=O) groups excluding carboxylic acids is 3. The third-order valence-corrected chi connectivity index (χ3v) is 19.8. The molecule has 0 amide bonds. The van der Waals surface area contributed by atoms with Crippen molar-refractivity contribution in [2.24, 2.45) is 0 Å². The van der Waals surface area contributed by atoms with E-state index in [2.05, 4.69) is 32.9 Å². The topological polar surface area (TPSA) is 374 Å². The van der Waals surface area contributed by atoms with Gasteiger partial charge in [-0.1, -0.05) is 245 Å². The molecule has 1 saturated carbocycles. The standard InChI is InChI=1S/C72H133O24P/c1-4-7-10-13-16-19-22-25-26-27-28-30-32-35-38-41-44-47-57(75)89-52-55-60(78)62(80)67(85)72(93-55)95-69-65(83)63(81)64(82)68(94-71-66(84)61(79)59(77)54(49-73)92-71)70(69)96-97(86,87)90-51-53(50-88-56(74)46-43-40-37-34-31-24-21-18-15-12-9-6-3)91-58(76)48-45-42-39-36-33-29-23-20-17-14-11-8-5-2/h29,33,53-55,59-73,77-85H,4-28,30-32,34-52H2,1-3H3,(H,86,87)/b33-29-. The molecular weight excluding hydrogens is 1280 g/mol. The summed E-state index contributed by atoms with van der Waals surface area (Å²) in [6, 6.07) is 0. The Morgan fingerprint density at radius 1 is 0.392 bits per heavy atom. The van der Waals surface area contributed by atoms with Gasteiger partial charge in [-0.15, -0.1) is 0 Å². The van der Waals surface area contributed by atoms with Crippen molar-refractivity contribution < 1.29 is 117 Å². The summed E-state index contributed by atoms with van der Waals surface area (Å²) in [6.45, 7) is 3.43. The molecule has 2 heterocycles. The maximum Gasteiger partial charge on any atom is 0.472 e. The summed E-state index contributed by atoms with van der Waals surface area (Å²) in [4.78, 5) is 50.9. The van der Waals surface area contributed by atoms with Crippen molar-refractivity contribution in [2.75, 3.05) is 26.4 Å². The molecule has 25 heteroatoms. The normalized spacial score (nSPS) is 27.8. The molecule has 18 unspecified atom stereocenters. The Kier molecular flexibility index (Phi) is 49.8. The van der Waals surface area contributed by atoms with Crippen LogP contribution in [0.3, 0.4) is 0 Å². The molecule has 570 valence electrons. The molecule has 97 heavy (non-hydrogen) atoms. The Hall–Kier alpha value is -2.30. The van der Waals surface area contributed by atoms with Gasteiger partial charge in [0, 0.05) is 19.3 Å². The fourth-order valence-electron chi connectivity index (χ4n) is 12.6. The second-order valence-corrected chi connectivity index (χ2v) is 28.8. The fraction of sp³-hybridized carbons (Fsp3) is 0.931. The Bertz CT molecular complexity index is 2060. The average molecular weight is 1410 g/mol. The minimum absolute atomic E-state index is 0.0324. The van der Waals surface area contributed by atoms with Crippen molar-refractivity contribution in [1.29, 1.82) is 0 Å². The van der Waals surface area contributed by atoms with Gasteiger partial charge in [0.05, 0.1) is 13.2 Å².